The van der Waals surface area contributed by atoms with Crippen LogP contribution in [0, 0.1) is 0 Å². The number of unbranched alkanes of at least 4 members (excludes halogenated alkanes) is 2. The zero-order valence-electron chi connectivity index (χ0n) is 7.86. The number of rotatable bonds is 8. The molecule has 0 N–H and O–H groups in total. The molecule has 78 valence electrons. The molecule has 0 rings (SSSR count). The SMILES string of the molecule is C=CCOS(=O)(=O)OCCCCC. The molecule has 0 radical (unpaired) electrons. The molecule has 0 fully saturated rings. The molecule has 0 aromatic rings. The Kier molecular flexibility index (Phi) is 6.84. The Morgan fingerprint density at radius 3 is 2.54 bits per heavy atom. The monoisotopic (exact) mass is 208 g/mol. The highest BCUT2D eigenvalue weighted by Gasteiger charge is 2.09. The maximum atomic E-state index is 10.9. The molecular formula is C8H16O4S. The largest absolute Gasteiger partial charge is 0.400 e. The molecule has 0 unspecified atom stereocenters. The van der Waals surface area contributed by atoms with E-state index in [1.165, 1.54) is 6.08 Å². The van der Waals surface area contributed by atoms with Gasteiger partial charge < -0.3 is 0 Å². The van der Waals surface area contributed by atoms with Crippen molar-refractivity contribution in [1.82, 2.24) is 0 Å². The van der Waals surface area contributed by atoms with Crippen LogP contribution in [0.15, 0.2) is 12.7 Å². The molecule has 0 aliphatic heterocycles. The summed E-state index contributed by atoms with van der Waals surface area (Å²) in [5, 5.41) is 0. The van der Waals surface area contributed by atoms with Gasteiger partial charge in [-0.2, -0.15) is 8.42 Å². The molecule has 0 atom stereocenters. The fourth-order valence-electron chi connectivity index (χ4n) is 0.679. The Hall–Kier alpha value is -0.390. The van der Waals surface area contributed by atoms with Crippen molar-refractivity contribution in [3.05, 3.63) is 12.7 Å². The zero-order valence-corrected chi connectivity index (χ0v) is 8.68. The molecule has 0 aromatic carbocycles. The second kappa shape index (κ2) is 7.06. The molecule has 0 aliphatic rings. The molecule has 4 nitrogen and oxygen atoms in total. The Morgan fingerprint density at radius 1 is 1.31 bits per heavy atom. The van der Waals surface area contributed by atoms with Crippen molar-refractivity contribution in [2.75, 3.05) is 13.2 Å². The third-order valence-electron chi connectivity index (χ3n) is 1.31. The average Bonchev–Trinajstić information content (AvgIpc) is 2.09. The Bertz CT molecular complexity index is 220. The van der Waals surface area contributed by atoms with Crippen molar-refractivity contribution in [3.8, 4) is 0 Å². The summed E-state index contributed by atoms with van der Waals surface area (Å²) in [6, 6.07) is 0. The fraction of sp³-hybridized carbons (Fsp3) is 0.750. The summed E-state index contributed by atoms with van der Waals surface area (Å²) in [6.45, 7) is 5.50. The van der Waals surface area contributed by atoms with Crippen LogP contribution in [0.1, 0.15) is 26.2 Å². The van der Waals surface area contributed by atoms with Crippen molar-refractivity contribution < 1.29 is 16.8 Å². The molecule has 0 saturated carbocycles. The predicted octanol–water partition coefficient (Wildman–Crippen LogP) is 1.64. The van der Waals surface area contributed by atoms with Crippen molar-refractivity contribution in [2.45, 2.75) is 26.2 Å². The lowest BCUT2D eigenvalue weighted by molar-refractivity contribution is 0.225. The highest BCUT2D eigenvalue weighted by atomic mass is 32.3. The lowest BCUT2D eigenvalue weighted by atomic mass is 10.3. The van der Waals surface area contributed by atoms with Gasteiger partial charge >= 0.3 is 10.4 Å². The lowest BCUT2D eigenvalue weighted by Crippen LogP contribution is -2.11. The molecule has 0 amide bonds. The summed E-state index contributed by atoms with van der Waals surface area (Å²) in [4.78, 5) is 0. The predicted molar refractivity (Wildman–Crippen MR) is 50.5 cm³/mol. The van der Waals surface area contributed by atoms with E-state index >= 15 is 0 Å². The van der Waals surface area contributed by atoms with E-state index in [9.17, 15) is 8.42 Å². The first-order valence-electron chi connectivity index (χ1n) is 4.27. The summed E-state index contributed by atoms with van der Waals surface area (Å²) in [5.74, 6) is 0. The van der Waals surface area contributed by atoms with Gasteiger partial charge in [-0.3, -0.25) is 0 Å². The van der Waals surface area contributed by atoms with Crippen molar-refractivity contribution >= 4 is 10.4 Å². The van der Waals surface area contributed by atoms with Crippen molar-refractivity contribution in [2.24, 2.45) is 0 Å². The third kappa shape index (κ3) is 7.95. The fourth-order valence-corrected chi connectivity index (χ4v) is 1.33. The van der Waals surface area contributed by atoms with Crippen LogP contribution >= 0.6 is 0 Å². The van der Waals surface area contributed by atoms with Crippen LogP contribution in [-0.4, -0.2) is 21.6 Å². The summed E-state index contributed by atoms with van der Waals surface area (Å²) in [6.07, 6.45) is 4.06. The first-order valence-corrected chi connectivity index (χ1v) is 5.60. The Labute approximate surface area is 79.9 Å². The van der Waals surface area contributed by atoms with Crippen LogP contribution in [0.3, 0.4) is 0 Å². The Morgan fingerprint density at radius 2 is 2.00 bits per heavy atom. The second-order valence-corrected chi connectivity index (χ2v) is 3.80. The average molecular weight is 208 g/mol. The molecule has 13 heavy (non-hydrogen) atoms. The summed E-state index contributed by atoms with van der Waals surface area (Å²) in [7, 11) is -3.80. The van der Waals surface area contributed by atoms with Gasteiger partial charge in [0.15, 0.2) is 0 Å². The lowest BCUT2D eigenvalue weighted by Gasteiger charge is -2.03. The van der Waals surface area contributed by atoms with E-state index in [1.54, 1.807) is 0 Å². The first kappa shape index (κ1) is 12.6. The van der Waals surface area contributed by atoms with Crippen LogP contribution in [0.25, 0.3) is 0 Å². The van der Waals surface area contributed by atoms with Crippen LogP contribution in [0.4, 0.5) is 0 Å². The van der Waals surface area contributed by atoms with Crippen LogP contribution in [-0.2, 0) is 18.8 Å². The number of hydrogen-bond donors (Lipinski definition) is 0. The van der Waals surface area contributed by atoms with Gasteiger partial charge in [-0.1, -0.05) is 25.8 Å². The van der Waals surface area contributed by atoms with Gasteiger partial charge in [0.05, 0.1) is 13.2 Å². The zero-order chi connectivity index (χ0) is 10.2. The van der Waals surface area contributed by atoms with E-state index in [1.807, 2.05) is 6.92 Å². The van der Waals surface area contributed by atoms with Gasteiger partial charge in [0.1, 0.15) is 0 Å². The van der Waals surface area contributed by atoms with Gasteiger partial charge in [-0.25, -0.2) is 8.37 Å². The van der Waals surface area contributed by atoms with Crippen LogP contribution in [0.5, 0.6) is 0 Å². The molecule has 0 spiro atoms. The molecular weight excluding hydrogens is 192 g/mol. The maximum absolute atomic E-state index is 10.9. The topological polar surface area (TPSA) is 52.6 Å². The molecule has 5 heteroatoms. The molecule has 0 aliphatic carbocycles. The number of hydrogen-bond acceptors (Lipinski definition) is 4. The minimum atomic E-state index is -3.80. The highest BCUT2D eigenvalue weighted by molar-refractivity contribution is 7.81. The molecule has 0 saturated heterocycles. The van der Waals surface area contributed by atoms with E-state index in [-0.39, 0.29) is 13.2 Å². The maximum Gasteiger partial charge on any atom is 0.400 e. The normalized spacial score (nSPS) is 11.5. The van der Waals surface area contributed by atoms with Crippen LogP contribution in [0.2, 0.25) is 0 Å². The van der Waals surface area contributed by atoms with E-state index in [2.05, 4.69) is 14.9 Å². The Balaban J connectivity index is 3.57. The molecule has 0 bridgehead atoms. The van der Waals surface area contributed by atoms with Crippen LogP contribution < -0.4 is 0 Å². The summed E-state index contributed by atoms with van der Waals surface area (Å²) in [5.41, 5.74) is 0. The van der Waals surface area contributed by atoms with Crippen molar-refractivity contribution in [1.29, 1.82) is 0 Å². The minimum absolute atomic E-state index is 0.0455. The van der Waals surface area contributed by atoms with Gasteiger partial charge in [-0.15, -0.1) is 6.58 Å². The van der Waals surface area contributed by atoms with Crippen molar-refractivity contribution in [3.63, 3.8) is 0 Å². The van der Waals surface area contributed by atoms with E-state index in [0.29, 0.717) is 0 Å². The summed E-state index contributed by atoms with van der Waals surface area (Å²) >= 11 is 0. The van der Waals surface area contributed by atoms with E-state index < -0.39 is 10.4 Å². The molecule has 0 aromatic heterocycles. The van der Waals surface area contributed by atoms with E-state index in [0.717, 1.165) is 19.3 Å². The van der Waals surface area contributed by atoms with Gasteiger partial charge in [0.25, 0.3) is 0 Å². The van der Waals surface area contributed by atoms with Gasteiger partial charge in [0, 0.05) is 0 Å². The minimum Gasteiger partial charge on any atom is -0.248 e. The smallest absolute Gasteiger partial charge is 0.248 e. The standard InChI is InChI=1S/C8H16O4S/c1-3-5-6-8-12-13(9,10)11-7-4-2/h4H,2-3,5-8H2,1H3. The van der Waals surface area contributed by atoms with Gasteiger partial charge in [-0.05, 0) is 6.42 Å². The second-order valence-electron chi connectivity index (χ2n) is 2.51. The first-order chi connectivity index (χ1) is 6.12. The van der Waals surface area contributed by atoms with E-state index in [4.69, 9.17) is 0 Å². The van der Waals surface area contributed by atoms with Gasteiger partial charge in [0.2, 0.25) is 0 Å². The summed E-state index contributed by atoms with van der Waals surface area (Å²) < 4.78 is 30.6. The third-order valence-corrected chi connectivity index (χ3v) is 2.19. The molecule has 0 heterocycles. The highest BCUT2D eigenvalue weighted by Crippen LogP contribution is 2.00. The quantitative estimate of drug-likeness (QED) is 0.449.